The van der Waals surface area contributed by atoms with Gasteiger partial charge in [-0.15, -0.1) is 0 Å². The first-order chi connectivity index (χ1) is 9.60. The maximum absolute atomic E-state index is 13.6. The maximum atomic E-state index is 13.6. The molecule has 1 aromatic rings. The Bertz CT molecular complexity index is 421. The molecular weight excluding hydrogens is 257 g/mol. The zero-order chi connectivity index (χ0) is 15.0. The predicted molar refractivity (Wildman–Crippen MR) is 80.6 cm³/mol. The number of para-hydroxylation sites is 1. The lowest BCUT2D eigenvalue weighted by Crippen LogP contribution is -2.40. The molecule has 0 aliphatic rings. The molecule has 0 radical (unpaired) electrons. The number of hydrogen-bond acceptors (Lipinski definition) is 2. The van der Waals surface area contributed by atoms with Gasteiger partial charge in [0.2, 0.25) is 0 Å². The first-order valence-electron chi connectivity index (χ1n) is 7.08. The first-order valence-corrected chi connectivity index (χ1v) is 7.08. The fourth-order valence-electron chi connectivity index (χ4n) is 2.02. The number of nitrogens with one attached hydrogen (secondary N) is 1. The molecule has 0 aliphatic heterocycles. The molecule has 0 aromatic heterocycles. The van der Waals surface area contributed by atoms with Gasteiger partial charge in [0, 0.05) is 33.2 Å². The van der Waals surface area contributed by atoms with E-state index in [1.165, 1.54) is 6.07 Å². The van der Waals surface area contributed by atoms with E-state index in [2.05, 4.69) is 5.32 Å². The van der Waals surface area contributed by atoms with Gasteiger partial charge in [-0.25, -0.2) is 9.18 Å². The molecule has 5 heteroatoms. The van der Waals surface area contributed by atoms with Gasteiger partial charge in [-0.2, -0.15) is 0 Å². The van der Waals surface area contributed by atoms with E-state index < -0.39 is 0 Å². The molecule has 0 unspecified atom stereocenters. The van der Waals surface area contributed by atoms with Gasteiger partial charge in [-0.05, 0) is 32.4 Å². The molecule has 1 aromatic carbocycles. The minimum absolute atomic E-state index is 0.0384. The van der Waals surface area contributed by atoms with Crippen LogP contribution in [0.3, 0.4) is 0 Å². The Morgan fingerprint density at radius 2 is 1.90 bits per heavy atom. The average Bonchev–Trinajstić information content (AvgIpc) is 2.45. The van der Waals surface area contributed by atoms with E-state index in [0.29, 0.717) is 31.9 Å². The zero-order valence-electron chi connectivity index (χ0n) is 12.5. The Labute approximate surface area is 120 Å². The van der Waals surface area contributed by atoms with E-state index in [1.54, 1.807) is 17.0 Å². The van der Waals surface area contributed by atoms with Gasteiger partial charge in [0.1, 0.15) is 5.82 Å². The van der Waals surface area contributed by atoms with Crippen LogP contribution in [0.25, 0.3) is 0 Å². The smallest absolute Gasteiger partial charge is 0.317 e. The van der Waals surface area contributed by atoms with Gasteiger partial charge in [-0.3, -0.25) is 0 Å². The molecule has 0 saturated carbocycles. The highest BCUT2D eigenvalue weighted by atomic mass is 19.1. The quantitative estimate of drug-likeness (QED) is 0.780. The summed E-state index contributed by atoms with van der Waals surface area (Å²) >= 11 is 0. The Balaban J connectivity index is 2.31. The van der Waals surface area contributed by atoms with Crippen LogP contribution in [-0.4, -0.2) is 44.2 Å². The molecule has 112 valence electrons. The lowest BCUT2D eigenvalue weighted by Gasteiger charge is -2.21. The Morgan fingerprint density at radius 1 is 1.25 bits per heavy atom. The summed E-state index contributed by atoms with van der Waals surface area (Å²) in [6, 6.07) is 6.66. The third kappa shape index (κ3) is 4.72. The summed E-state index contributed by atoms with van der Waals surface area (Å²) in [6.07, 6.45) is 0.776. The van der Waals surface area contributed by atoms with E-state index in [9.17, 15) is 9.18 Å². The molecule has 2 amide bonds. The van der Waals surface area contributed by atoms with Crippen molar-refractivity contribution in [1.29, 1.82) is 0 Å². The summed E-state index contributed by atoms with van der Waals surface area (Å²) in [5.41, 5.74) is 0.586. The highest BCUT2D eigenvalue weighted by Gasteiger charge is 2.09. The van der Waals surface area contributed by atoms with Gasteiger partial charge in [0.15, 0.2) is 0 Å². The van der Waals surface area contributed by atoms with Crippen molar-refractivity contribution in [3.63, 3.8) is 0 Å². The fraction of sp³-hybridized carbons (Fsp3) is 0.533. The molecule has 20 heavy (non-hydrogen) atoms. The molecule has 1 rings (SSSR count). The van der Waals surface area contributed by atoms with E-state index in [0.717, 1.165) is 6.42 Å². The Hall–Kier alpha value is -1.78. The van der Waals surface area contributed by atoms with Crippen LogP contribution in [0.4, 0.5) is 14.9 Å². The Kier molecular flexibility index (Phi) is 6.84. The molecule has 0 heterocycles. The number of rotatable bonds is 7. The van der Waals surface area contributed by atoms with Crippen LogP contribution < -0.4 is 10.2 Å². The number of anilines is 1. The highest BCUT2D eigenvalue weighted by Crippen LogP contribution is 2.16. The number of carbonyl (C=O) groups is 1. The molecule has 0 atom stereocenters. The van der Waals surface area contributed by atoms with Gasteiger partial charge >= 0.3 is 6.03 Å². The normalized spacial score (nSPS) is 10.2. The second-order valence-electron chi connectivity index (χ2n) is 4.63. The predicted octanol–water partition coefficient (Wildman–Crippen LogP) is 2.70. The molecule has 0 bridgehead atoms. The number of halogens is 1. The number of hydrogen-bond donors (Lipinski definition) is 1. The van der Waals surface area contributed by atoms with Crippen LogP contribution in [-0.2, 0) is 0 Å². The minimum Gasteiger partial charge on any atom is -0.372 e. The molecular formula is C15H24FN3O. The number of benzene rings is 1. The molecule has 0 aliphatic carbocycles. The van der Waals surface area contributed by atoms with Gasteiger partial charge in [0.25, 0.3) is 0 Å². The summed E-state index contributed by atoms with van der Waals surface area (Å²) in [5.74, 6) is -0.220. The molecule has 0 spiro atoms. The van der Waals surface area contributed by atoms with Crippen molar-refractivity contribution < 1.29 is 9.18 Å². The van der Waals surface area contributed by atoms with Crippen LogP contribution in [0, 0.1) is 5.82 Å². The molecule has 0 fully saturated rings. The Morgan fingerprint density at radius 3 is 2.50 bits per heavy atom. The van der Waals surface area contributed by atoms with E-state index in [4.69, 9.17) is 0 Å². The van der Waals surface area contributed by atoms with Crippen molar-refractivity contribution in [1.82, 2.24) is 10.2 Å². The summed E-state index contributed by atoms with van der Waals surface area (Å²) in [6.45, 7) is 6.60. The lowest BCUT2D eigenvalue weighted by molar-refractivity contribution is 0.203. The number of carbonyl (C=O) groups excluding carboxylic acids is 1. The van der Waals surface area contributed by atoms with Crippen molar-refractivity contribution in [3.8, 4) is 0 Å². The SMILES string of the molecule is CCN(CC)C(=O)NCCCN(C)c1ccccc1F. The maximum Gasteiger partial charge on any atom is 0.317 e. The van der Waals surface area contributed by atoms with E-state index >= 15 is 0 Å². The topological polar surface area (TPSA) is 35.6 Å². The molecule has 0 saturated heterocycles. The fourth-order valence-corrected chi connectivity index (χ4v) is 2.02. The van der Waals surface area contributed by atoms with Crippen molar-refractivity contribution in [3.05, 3.63) is 30.1 Å². The third-order valence-electron chi connectivity index (χ3n) is 3.26. The molecule has 4 nitrogen and oxygen atoms in total. The number of amides is 2. The van der Waals surface area contributed by atoms with Crippen LogP contribution >= 0.6 is 0 Å². The second-order valence-corrected chi connectivity index (χ2v) is 4.63. The summed E-state index contributed by atoms with van der Waals surface area (Å²) in [7, 11) is 1.85. The summed E-state index contributed by atoms with van der Waals surface area (Å²) < 4.78 is 13.6. The summed E-state index contributed by atoms with van der Waals surface area (Å²) in [4.78, 5) is 15.3. The highest BCUT2D eigenvalue weighted by molar-refractivity contribution is 5.73. The first kappa shape index (κ1) is 16.3. The van der Waals surface area contributed by atoms with Crippen molar-refractivity contribution in [2.75, 3.05) is 38.1 Å². The largest absolute Gasteiger partial charge is 0.372 e. The lowest BCUT2D eigenvalue weighted by atomic mass is 10.2. The van der Waals surface area contributed by atoms with Gasteiger partial charge < -0.3 is 15.1 Å². The van der Waals surface area contributed by atoms with Crippen LogP contribution in [0.5, 0.6) is 0 Å². The van der Waals surface area contributed by atoms with Gasteiger partial charge in [-0.1, -0.05) is 12.1 Å². The van der Waals surface area contributed by atoms with Crippen molar-refractivity contribution in [2.45, 2.75) is 20.3 Å². The van der Waals surface area contributed by atoms with E-state index in [1.807, 2.05) is 31.9 Å². The standard InChI is InChI=1S/C15H24FN3O/c1-4-19(5-2)15(20)17-11-8-12-18(3)14-10-7-6-9-13(14)16/h6-7,9-10H,4-5,8,11-12H2,1-3H3,(H,17,20). The van der Waals surface area contributed by atoms with Crippen LogP contribution in [0.2, 0.25) is 0 Å². The zero-order valence-corrected chi connectivity index (χ0v) is 12.5. The average molecular weight is 281 g/mol. The second kappa shape index (κ2) is 8.40. The summed E-state index contributed by atoms with van der Waals surface area (Å²) in [5, 5.41) is 2.87. The van der Waals surface area contributed by atoms with Gasteiger partial charge in [0.05, 0.1) is 5.69 Å². The van der Waals surface area contributed by atoms with Crippen molar-refractivity contribution >= 4 is 11.7 Å². The monoisotopic (exact) mass is 281 g/mol. The van der Waals surface area contributed by atoms with Crippen LogP contribution in [0.15, 0.2) is 24.3 Å². The number of nitrogens with zero attached hydrogens (tertiary/aromatic N) is 2. The number of urea groups is 1. The van der Waals surface area contributed by atoms with Crippen molar-refractivity contribution in [2.24, 2.45) is 0 Å². The third-order valence-corrected chi connectivity index (χ3v) is 3.26. The molecule has 1 N–H and O–H groups in total. The van der Waals surface area contributed by atoms with E-state index in [-0.39, 0.29) is 11.8 Å². The minimum atomic E-state index is -0.220. The van der Waals surface area contributed by atoms with Crippen LogP contribution in [0.1, 0.15) is 20.3 Å².